The highest BCUT2D eigenvalue weighted by Gasteiger charge is 2.23. The molecule has 0 radical (unpaired) electrons. The Labute approximate surface area is 145 Å². The number of fused-ring (bicyclic) bond motifs is 1. The highest BCUT2D eigenvalue weighted by molar-refractivity contribution is 7.14. The van der Waals surface area contributed by atoms with E-state index in [4.69, 9.17) is 9.47 Å². The molecule has 0 aliphatic heterocycles. The van der Waals surface area contributed by atoms with Gasteiger partial charge in [0.05, 0.1) is 7.11 Å². The quantitative estimate of drug-likeness (QED) is 0.606. The second-order valence-corrected chi connectivity index (χ2v) is 7.04. The molecule has 126 valence electrons. The first-order valence-corrected chi connectivity index (χ1v) is 8.91. The van der Waals surface area contributed by atoms with Gasteiger partial charge in [0.15, 0.2) is 6.10 Å². The van der Waals surface area contributed by atoms with Gasteiger partial charge in [0.2, 0.25) is 5.78 Å². The summed E-state index contributed by atoms with van der Waals surface area (Å²) in [5.41, 5.74) is 1.76. The van der Waals surface area contributed by atoms with Crippen LogP contribution in [0.3, 0.4) is 0 Å². The lowest BCUT2D eigenvalue weighted by Gasteiger charge is -2.12. The number of ether oxygens (including phenoxy) is 2. The van der Waals surface area contributed by atoms with Crippen LogP contribution in [0, 0.1) is 0 Å². The van der Waals surface area contributed by atoms with Crippen molar-refractivity contribution in [3.05, 3.63) is 51.2 Å². The predicted octanol–water partition coefficient (Wildman–Crippen LogP) is 4.06. The van der Waals surface area contributed by atoms with E-state index in [9.17, 15) is 9.59 Å². The minimum atomic E-state index is -0.815. The molecule has 5 heteroatoms. The Kier molecular flexibility index (Phi) is 5.00. The molecule has 1 atom stereocenters. The molecule has 0 saturated heterocycles. The van der Waals surface area contributed by atoms with Crippen molar-refractivity contribution in [2.24, 2.45) is 0 Å². The Hall–Kier alpha value is -2.14. The molecular formula is C19H20O4S. The van der Waals surface area contributed by atoms with Gasteiger partial charge >= 0.3 is 5.97 Å². The van der Waals surface area contributed by atoms with Gasteiger partial charge in [-0.15, -0.1) is 11.3 Å². The smallest absolute Gasteiger partial charge is 0.349 e. The van der Waals surface area contributed by atoms with Crippen molar-refractivity contribution in [1.82, 2.24) is 0 Å². The van der Waals surface area contributed by atoms with Crippen LogP contribution in [0.4, 0.5) is 0 Å². The van der Waals surface area contributed by atoms with Crippen molar-refractivity contribution >= 4 is 23.1 Å². The Bertz CT molecular complexity index is 722. The highest BCUT2D eigenvalue weighted by Crippen LogP contribution is 2.30. The standard InChI is InChI=1S/C19H20O4S/c1-12(18(20)13-7-9-15(22-2)10-8-13)23-19(21)17-11-14-5-3-4-6-16(14)24-17/h7-12H,3-6H2,1-2H3. The van der Waals surface area contributed by atoms with Crippen molar-refractivity contribution in [3.8, 4) is 5.75 Å². The van der Waals surface area contributed by atoms with E-state index in [1.165, 1.54) is 34.6 Å². The van der Waals surface area contributed by atoms with Gasteiger partial charge in [-0.05, 0) is 68.5 Å². The summed E-state index contributed by atoms with van der Waals surface area (Å²) < 4.78 is 10.5. The maximum atomic E-state index is 12.4. The van der Waals surface area contributed by atoms with E-state index in [0.29, 0.717) is 16.2 Å². The van der Waals surface area contributed by atoms with Crippen molar-refractivity contribution in [1.29, 1.82) is 0 Å². The molecular weight excluding hydrogens is 324 g/mol. The topological polar surface area (TPSA) is 52.6 Å². The molecule has 3 rings (SSSR count). The summed E-state index contributed by atoms with van der Waals surface area (Å²) in [6.45, 7) is 1.61. The van der Waals surface area contributed by atoms with Crippen LogP contribution in [0.25, 0.3) is 0 Å². The number of rotatable bonds is 5. The van der Waals surface area contributed by atoms with Crippen LogP contribution in [-0.4, -0.2) is 25.0 Å². The van der Waals surface area contributed by atoms with Crippen LogP contribution in [0.5, 0.6) is 5.75 Å². The monoisotopic (exact) mass is 344 g/mol. The number of Topliss-reactive ketones (excluding diaryl/α,β-unsaturated/α-hetero) is 1. The third-order valence-corrected chi connectivity index (χ3v) is 5.44. The molecule has 1 aromatic carbocycles. The molecule has 4 nitrogen and oxygen atoms in total. The average Bonchev–Trinajstić information content (AvgIpc) is 3.05. The molecule has 0 spiro atoms. The zero-order valence-electron chi connectivity index (χ0n) is 13.8. The summed E-state index contributed by atoms with van der Waals surface area (Å²) >= 11 is 1.50. The van der Waals surface area contributed by atoms with Crippen LogP contribution in [0.2, 0.25) is 0 Å². The summed E-state index contributed by atoms with van der Waals surface area (Å²) in [4.78, 5) is 26.6. The van der Waals surface area contributed by atoms with Crippen LogP contribution in [0.1, 0.15) is 50.2 Å². The number of hydrogen-bond acceptors (Lipinski definition) is 5. The third-order valence-electron chi connectivity index (χ3n) is 4.23. The van der Waals surface area contributed by atoms with Crippen molar-refractivity contribution in [3.63, 3.8) is 0 Å². The van der Waals surface area contributed by atoms with Gasteiger partial charge in [-0.2, -0.15) is 0 Å². The molecule has 0 N–H and O–H groups in total. The van der Waals surface area contributed by atoms with Crippen molar-refractivity contribution < 1.29 is 19.1 Å². The SMILES string of the molecule is COc1ccc(C(=O)C(C)OC(=O)c2cc3c(s2)CCCC3)cc1. The molecule has 1 aliphatic rings. The van der Waals surface area contributed by atoms with Crippen LogP contribution >= 0.6 is 11.3 Å². The number of esters is 1. The van der Waals surface area contributed by atoms with E-state index in [1.807, 2.05) is 6.07 Å². The second-order valence-electron chi connectivity index (χ2n) is 5.91. The van der Waals surface area contributed by atoms with E-state index < -0.39 is 12.1 Å². The van der Waals surface area contributed by atoms with Crippen molar-refractivity contribution in [2.45, 2.75) is 38.7 Å². The average molecular weight is 344 g/mol. The van der Waals surface area contributed by atoms with E-state index in [2.05, 4.69) is 0 Å². The van der Waals surface area contributed by atoms with Gasteiger partial charge in [-0.3, -0.25) is 4.79 Å². The first-order valence-electron chi connectivity index (χ1n) is 8.09. The highest BCUT2D eigenvalue weighted by atomic mass is 32.1. The number of aryl methyl sites for hydroxylation is 2. The van der Waals surface area contributed by atoms with Crippen LogP contribution in [0.15, 0.2) is 30.3 Å². The minimum Gasteiger partial charge on any atom is -0.497 e. The van der Waals surface area contributed by atoms with Crippen molar-refractivity contribution in [2.75, 3.05) is 7.11 Å². The molecule has 0 amide bonds. The van der Waals surface area contributed by atoms with Gasteiger partial charge in [0.1, 0.15) is 10.6 Å². The summed E-state index contributed by atoms with van der Waals surface area (Å²) in [5.74, 6) is 0.0523. The summed E-state index contributed by atoms with van der Waals surface area (Å²) in [5, 5.41) is 0. The number of ketones is 1. The zero-order valence-corrected chi connectivity index (χ0v) is 14.7. The first-order chi connectivity index (χ1) is 11.6. The maximum Gasteiger partial charge on any atom is 0.349 e. The Morgan fingerprint density at radius 3 is 2.50 bits per heavy atom. The van der Waals surface area contributed by atoms with Gasteiger partial charge in [-0.25, -0.2) is 4.79 Å². The fraction of sp³-hybridized carbons (Fsp3) is 0.368. The molecule has 0 fully saturated rings. The summed E-state index contributed by atoms with van der Waals surface area (Å²) in [6, 6.07) is 8.71. The molecule has 24 heavy (non-hydrogen) atoms. The van der Waals surface area contributed by atoms with E-state index in [0.717, 1.165) is 12.8 Å². The fourth-order valence-corrected chi connectivity index (χ4v) is 3.99. The number of benzene rings is 1. The first kappa shape index (κ1) is 16.7. The second kappa shape index (κ2) is 7.18. The lowest BCUT2D eigenvalue weighted by Crippen LogP contribution is -2.24. The lowest BCUT2D eigenvalue weighted by atomic mass is 9.99. The molecule has 1 heterocycles. The van der Waals surface area contributed by atoms with Gasteiger partial charge in [-0.1, -0.05) is 0 Å². The molecule has 0 saturated carbocycles. The predicted molar refractivity (Wildman–Crippen MR) is 93.2 cm³/mol. The molecule has 1 aromatic heterocycles. The number of carbonyl (C=O) groups excluding carboxylic acids is 2. The molecule has 1 unspecified atom stereocenters. The van der Waals surface area contributed by atoms with Gasteiger partial charge in [0, 0.05) is 10.4 Å². The zero-order chi connectivity index (χ0) is 17.1. The summed E-state index contributed by atoms with van der Waals surface area (Å²) in [6.07, 6.45) is 3.59. The van der Waals surface area contributed by atoms with Gasteiger partial charge < -0.3 is 9.47 Å². The normalized spacial score (nSPS) is 14.6. The van der Waals surface area contributed by atoms with Crippen LogP contribution in [-0.2, 0) is 17.6 Å². The number of hydrogen-bond donors (Lipinski definition) is 0. The van der Waals surface area contributed by atoms with Gasteiger partial charge in [0.25, 0.3) is 0 Å². The minimum absolute atomic E-state index is 0.215. The molecule has 2 aromatic rings. The Morgan fingerprint density at radius 1 is 1.12 bits per heavy atom. The van der Waals surface area contributed by atoms with Crippen LogP contribution < -0.4 is 4.74 Å². The largest absolute Gasteiger partial charge is 0.497 e. The number of thiophene rings is 1. The Balaban J connectivity index is 1.66. The fourth-order valence-electron chi connectivity index (χ4n) is 2.85. The van der Waals surface area contributed by atoms with E-state index in [-0.39, 0.29) is 5.78 Å². The molecule has 0 bridgehead atoms. The number of methoxy groups -OCH3 is 1. The van der Waals surface area contributed by atoms with E-state index in [1.54, 1.807) is 38.3 Å². The molecule has 1 aliphatic carbocycles. The number of carbonyl (C=O) groups is 2. The lowest BCUT2D eigenvalue weighted by molar-refractivity contribution is 0.0323. The third kappa shape index (κ3) is 3.51. The van der Waals surface area contributed by atoms with E-state index >= 15 is 0 Å². The maximum absolute atomic E-state index is 12.4. The Morgan fingerprint density at radius 2 is 1.83 bits per heavy atom. The summed E-state index contributed by atoms with van der Waals surface area (Å²) in [7, 11) is 1.57.